The van der Waals surface area contributed by atoms with E-state index in [-0.39, 0.29) is 49.0 Å². The third-order valence-electron chi connectivity index (χ3n) is 11.1. The molecule has 0 aliphatic rings. The maximum Gasteiger partial charge on any atom is 0.136 e. The Hall–Kier alpha value is -5.31. The van der Waals surface area contributed by atoms with Gasteiger partial charge in [-0.3, -0.25) is 4.98 Å². The van der Waals surface area contributed by atoms with Gasteiger partial charge in [-0.25, -0.2) is 4.98 Å². The molecule has 0 amide bonds. The molecule has 0 saturated heterocycles. The number of rotatable bonds is 8. The fourth-order valence-corrected chi connectivity index (χ4v) is 7.41. The molecule has 1 N–H and O–H groups in total. The number of hydrogen-bond acceptors (Lipinski definition) is 4. The third-order valence-corrected chi connectivity index (χ3v) is 11.1. The van der Waals surface area contributed by atoms with Crippen LogP contribution in [0.15, 0.2) is 146 Å². The van der Waals surface area contributed by atoms with Crippen LogP contribution in [0.1, 0.15) is 103 Å². The molecule has 59 heavy (non-hydrogen) atoms. The normalized spacial score (nSPS) is 12.4. The van der Waals surface area contributed by atoms with Gasteiger partial charge in [-0.15, -0.1) is 29.3 Å². The van der Waals surface area contributed by atoms with Crippen LogP contribution >= 0.6 is 0 Å². The van der Waals surface area contributed by atoms with E-state index in [1.54, 1.807) is 0 Å². The molecule has 7 aromatic rings. The second-order valence-electron chi connectivity index (χ2n) is 18.6. The smallest absolute Gasteiger partial charge is 0.136 e. The van der Waals surface area contributed by atoms with E-state index in [0.29, 0.717) is 5.69 Å². The maximum absolute atomic E-state index is 12.2. The average Bonchev–Trinajstić information content (AvgIpc) is 3.20. The zero-order valence-electron chi connectivity index (χ0n) is 36.0. The van der Waals surface area contributed by atoms with Crippen LogP contribution in [0.5, 0.6) is 5.75 Å². The molecule has 0 saturated carbocycles. The van der Waals surface area contributed by atoms with Crippen molar-refractivity contribution in [3.8, 4) is 39.4 Å². The van der Waals surface area contributed by atoms with Crippen molar-refractivity contribution in [2.24, 2.45) is 0 Å². The summed E-state index contributed by atoms with van der Waals surface area (Å²) in [5.74, 6) is 1.32. The fraction of sp³-hybridized carbons (Fsp3) is 0.259. The number of hydrogen-bond donors (Lipinski definition) is 1. The summed E-state index contributed by atoms with van der Waals surface area (Å²) in [4.78, 5) is 12.4. The monoisotopic (exact) mass is 957 g/mol. The van der Waals surface area contributed by atoms with Gasteiger partial charge in [0.2, 0.25) is 0 Å². The number of aromatic hydroxyl groups is 1. The molecule has 4 nitrogen and oxygen atoms in total. The molecule has 1 unspecified atom stereocenters. The number of benzene rings is 5. The van der Waals surface area contributed by atoms with Crippen LogP contribution in [-0.4, -0.2) is 15.1 Å². The van der Waals surface area contributed by atoms with Crippen LogP contribution in [0, 0.1) is 6.07 Å². The second kappa shape index (κ2) is 17.1. The number of anilines is 3. The molecule has 5 aromatic carbocycles. The summed E-state index contributed by atoms with van der Waals surface area (Å²) in [5.41, 5.74) is 12.1. The largest absolute Gasteiger partial charge is 0.507 e. The van der Waals surface area contributed by atoms with E-state index in [2.05, 4.69) is 183 Å². The predicted molar refractivity (Wildman–Crippen MR) is 244 cm³/mol. The van der Waals surface area contributed by atoms with Gasteiger partial charge < -0.3 is 10.0 Å². The minimum absolute atomic E-state index is 0. The Morgan fingerprint density at radius 1 is 0.576 bits per heavy atom. The summed E-state index contributed by atoms with van der Waals surface area (Å²) < 4.78 is 0. The molecule has 2 heterocycles. The average molecular weight is 958 g/mol. The van der Waals surface area contributed by atoms with Crippen molar-refractivity contribution < 1.29 is 26.2 Å². The van der Waals surface area contributed by atoms with Gasteiger partial charge in [0.1, 0.15) is 11.6 Å². The van der Waals surface area contributed by atoms with Crippen molar-refractivity contribution in [3.63, 3.8) is 0 Å². The van der Waals surface area contributed by atoms with Crippen molar-refractivity contribution in [1.29, 1.82) is 0 Å². The fourth-order valence-electron chi connectivity index (χ4n) is 7.41. The Labute approximate surface area is 366 Å². The van der Waals surface area contributed by atoms with Gasteiger partial charge in [-0.1, -0.05) is 160 Å². The molecule has 304 valence electrons. The van der Waals surface area contributed by atoms with Crippen molar-refractivity contribution in [2.75, 3.05) is 4.90 Å². The number of para-hydroxylation sites is 1. The van der Waals surface area contributed by atoms with E-state index in [0.717, 1.165) is 61.8 Å². The van der Waals surface area contributed by atoms with Crippen molar-refractivity contribution in [3.05, 3.63) is 180 Å². The van der Waals surface area contributed by atoms with Gasteiger partial charge in [0.15, 0.2) is 0 Å². The molecule has 0 spiro atoms. The van der Waals surface area contributed by atoms with Crippen LogP contribution < -0.4 is 4.90 Å². The maximum atomic E-state index is 12.2. The second-order valence-corrected chi connectivity index (χ2v) is 18.6. The molecule has 0 radical (unpaired) electrons. The van der Waals surface area contributed by atoms with Gasteiger partial charge in [0, 0.05) is 50.0 Å². The Kier molecular flexibility index (Phi) is 12.6. The third kappa shape index (κ3) is 9.61. The minimum atomic E-state index is -0.290. The van der Waals surface area contributed by atoms with Crippen LogP contribution in [-0.2, 0) is 37.3 Å². The van der Waals surface area contributed by atoms with E-state index in [1.165, 1.54) is 11.1 Å². The predicted octanol–water partition coefficient (Wildman–Crippen LogP) is 14.5. The van der Waals surface area contributed by atoms with Gasteiger partial charge in [0.25, 0.3) is 0 Å². The molecule has 0 fully saturated rings. The van der Waals surface area contributed by atoms with Gasteiger partial charge in [-0.05, 0) is 91.8 Å². The summed E-state index contributed by atoms with van der Waals surface area (Å²) >= 11 is 0. The molecule has 7 rings (SSSR count). The van der Waals surface area contributed by atoms with E-state index >= 15 is 0 Å². The first-order valence-electron chi connectivity index (χ1n) is 20.4. The van der Waals surface area contributed by atoms with E-state index < -0.39 is 0 Å². The van der Waals surface area contributed by atoms with Gasteiger partial charge >= 0.3 is 0 Å². The molecule has 0 aliphatic heterocycles. The van der Waals surface area contributed by atoms with Gasteiger partial charge in [-0.2, -0.15) is 0 Å². The Morgan fingerprint density at radius 2 is 1.15 bits per heavy atom. The first-order valence-corrected chi connectivity index (χ1v) is 20.4. The Morgan fingerprint density at radius 3 is 1.75 bits per heavy atom. The number of phenols is 1. The molecular formula is C54H56N3OPt-. The first-order chi connectivity index (χ1) is 27.5. The SMILES string of the molecule is CC(c1ccccc1)c1ccc(-c2cc(-c3[c-]c(N(c4ccccc4)c4ccccn4)cc(C(C)(C)C)c3)nc(-c3cc(C(C)(C)C)cc(C(C)(C)C)c3O)c2)cc1.[Pt]. The van der Waals surface area contributed by atoms with Crippen LogP contribution in [0.3, 0.4) is 0 Å². The number of phenolic OH excluding ortho intramolecular Hbond substituents is 1. The first kappa shape index (κ1) is 43.3. The van der Waals surface area contributed by atoms with E-state index in [4.69, 9.17) is 9.97 Å². The zero-order valence-corrected chi connectivity index (χ0v) is 38.3. The Bertz CT molecular complexity index is 2470. The number of aromatic nitrogens is 2. The molecule has 0 bridgehead atoms. The van der Waals surface area contributed by atoms with E-state index in [9.17, 15) is 5.11 Å². The summed E-state index contributed by atoms with van der Waals surface area (Å²) in [6, 6.07) is 52.7. The van der Waals surface area contributed by atoms with Gasteiger partial charge in [0.05, 0.1) is 5.69 Å². The molecular weight excluding hydrogens is 902 g/mol. The van der Waals surface area contributed by atoms with Crippen LogP contribution in [0.25, 0.3) is 33.6 Å². The summed E-state index contributed by atoms with van der Waals surface area (Å²) in [6.45, 7) is 22.1. The standard InChI is InChI=1S/C54H56N3O.Pt/c1-36(37-19-13-11-14-20-37)38-24-26-39(27-25-38)40-31-48(56-49(32-40)46-34-43(53(5,6)7)35-47(51(46)58)54(8,9)10)41-29-42(52(2,3)4)33-45(30-41)57(44-21-15-12-16-22-44)50-23-17-18-28-55-50;/h11-29,31-36,58H,1-10H3;/q-1;. The molecule has 1 atom stereocenters. The zero-order chi connectivity index (χ0) is 41.4. The molecule has 2 aromatic heterocycles. The van der Waals surface area contributed by atoms with Crippen molar-refractivity contribution in [1.82, 2.24) is 9.97 Å². The van der Waals surface area contributed by atoms with Crippen LogP contribution in [0.4, 0.5) is 17.2 Å². The van der Waals surface area contributed by atoms with Crippen molar-refractivity contribution in [2.45, 2.75) is 91.4 Å². The quantitative estimate of drug-likeness (QED) is 0.154. The number of pyridine rings is 2. The van der Waals surface area contributed by atoms with Crippen LogP contribution in [0.2, 0.25) is 0 Å². The molecule has 5 heteroatoms. The number of nitrogens with zero attached hydrogens (tertiary/aromatic N) is 3. The van der Waals surface area contributed by atoms with E-state index in [1.807, 2.05) is 42.6 Å². The van der Waals surface area contributed by atoms with Crippen molar-refractivity contribution >= 4 is 17.2 Å². The summed E-state index contributed by atoms with van der Waals surface area (Å²) in [7, 11) is 0. The topological polar surface area (TPSA) is 49.2 Å². The Balaban J connectivity index is 0.00000585. The summed E-state index contributed by atoms with van der Waals surface area (Å²) in [5, 5.41) is 12.2. The minimum Gasteiger partial charge on any atom is -0.507 e. The molecule has 0 aliphatic carbocycles. The summed E-state index contributed by atoms with van der Waals surface area (Å²) in [6.07, 6.45) is 1.83.